The third-order valence-electron chi connectivity index (χ3n) is 2.87. The Bertz CT molecular complexity index is 686. The maximum atomic E-state index is 13.0. The number of hydrogen-bond acceptors (Lipinski definition) is 1. The number of rotatable bonds is 3. The predicted octanol–water partition coefficient (Wildman–Crippen LogP) is 5.11. The van der Waals surface area contributed by atoms with Crippen molar-refractivity contribution in [1.82, 2.24) is 0 Å². The third kappa shape index (κ3) is 3.93. The van der Waals surface area contributed by atoms with Crippen LogP contribution in [0.1, 0.15) is 5.56 Å². The minimum absolute atomic E-state index is 0.0272. The molecule has 0 bridgehead atoms. The molecule has 7 heteroatoms. The zero-order valence-electron chi connectivity index (χ0n) is 11.0. The topological polar surface area (TPSA) is 29.1 Å². The van der Waals surface area contributed by atoms with Gasteiger partial charge in [-0.1, -0.05) is 53.5 Å². The van der Waals surface area contributed by atoms with E-state index in [1.807, 2.05) is 0 Å². The fourth-order valence-electron chi connectivity index (χ4n) is 1.94. The molecule has 0 atom stereocenters. The Balaban J connectivity index is 2.41. The van der Waals surface area contributed by atoms with E-state index in [0.717, 1.165) is 6.07 Å². The van der Waals surface area contributed by atoms with Crippen LogP contribution in [0.4, 0.5) is 18.9 Å². The van der Waals surface area contributed by atoms with Gasteiger partial charge in [-0.25, -0.2) is 0 Å². The van der Waals surface area contributed by atoms with Gasteiger partial charge in [0, 0.05) is 5.69 Å². The molecule has 2 aromatic carbocycles. The molecule has 1 N–H and O–H groups in total. The van der Waals surface area contributed by atoms with E-state index in [4.69, 9.17) is 23.2 Å². The van der Waals surface area contributed by atoms with Crippen molar-refractivity contribution in [3.8, 4) is 11.1 Å². The number of halogens is 5. The third-order valence-corrected chi connectivity index (χ3v) is 3.27. The van der Waals surface area contributed by atoms with Gasteiger partial charge in [-0.15, -0.1) is 0 Å². The molecule has 0 fully saturated rings. The number of carbonyl (C=O) groups is 1. The van der Waals surface area contributed by atoms with Crippen LogP contribution in [-0.4, -0.2) is 10.7 Å². The standard InChI is InChI=1S/C15H10Cl2F3NO/c16-13(17)14(22)21-10-5-3-4-9(8-10)11-6-1-2-7-12(11)15(18,19)20/h1-8,13H,(H,21,22). The second-order valence-electron chi connectivity index (χ2n) is 4.41. The van der Waals surface area contributed by atoms with Crippen molar-refractivity contribution in [3.63, 3.8) is 0 Å². The predicted molar refractivity (Wildman–Crippen MR) is 81.0 cm³/mol. The molecular formula is C15H10Cl2F3NO. The number of anilines is 1. The number of alkyl halides is 5. The van der Waals surface area contributed by atoms with Gasteiger partial charge in [0.1, 0.15) is 0 Å². The molecule has 22 heavy (non-hydrogen) atoms. The summed E-state index contributed by atoms with van der Waals surface area (Å²) in [5, 5.41) is 2.43. The summed E-state index contributed by atoms with van der Waals surface area (Å²) in [4.78, 5) is 10.2. The van der Waals surface area contributed by atoms with Crippen LogP contribution >= 0.6 is 23.2 Å². The largest absolute Gasteiger partial charge is 0.417 e. The molecule has 0 radical (unpaired) electrons. The van der Waals surface area contributed by atoms with Crippen molar-refractivity contribution in [3.05, 3.63) is 54.1 Å². The molecule has 2 nitrogen and oxygen atoms in total. The van der Waals surface area contributed by atoms with Gasteiger partial charge in [-0.2, -0.15) is 13.2 Å². The Morgan fingerprint density at radius 1 is 1.05 bits per heavy atom. The highest BCUT2D eigenvalue weighted by molar-refractivity contribution is 6.54. The smallest absolute Gasteiger partial charge is 0.324 e. The summed E-state index contributed by atoms with van der Waals surface area (Å²) in [6, 6.07) is 11.2. The molecule has 0 spiro atoms. The maximum absolute atomic E-state index is 13.0. The molecule has 0 aliphatic heterocycles. The fourth-order valence-corrected chi connectivity index (χ4v) is 2.05. The molecule has 0 aromatic heterocycles. The number of amides is 1. The van der Waals surface area contributed by atoms with Crippen LogP contribution in [0, 0.1) is 0 Å². The number of hydrogen-bond donors (Lipinski definition) is 1. The van der Waals surface area contributed by atoms with E-state index < -0.39 is 22.5 Å². The zero-order chi connectivity index (χ0) is 16.3. The Hall–Kier alpha value is -1.72. The van der Waals surface area contributed by atoms with E-state index in [1.165, 1.54) is 42.5 Å². The summed E-state index contributed by atoms with van der Waals surface area (Å²) >= 11 is 10.8. The Morgan fingerprint density at radius 2 is 1.73 bits per heavy atom. The molecule has 0 saturated carbocycles. The first kappa shape index (κ1) is 16.6. The molecular weight excluding hydrogens is 338 g/mol. The molecule has 1 amide bonds. The van der Waals surface area contributed by atoms with Crippen molar-refractivity contribution in [1.29, 1.82) is 0 Å². The average molecular weight is 348 g/mol. The van der Waals surface area contributed by atoms with Gasteiger partial charge in [-0.05, 0) is 29.3 Å². The Labute approximate surface area is 134 Å². The lowest BCUT2D eigenvalue weighted by Crippen LogP contribution is -2.18. The van der Waals surface area contributed by atoms with E-state index in [9.17, 15) is 18.0 Å². The molecule has 0 aliphatic carbocycles. The quantitative estimate of drug-likeness (QED) is 0.767. The summed E-state index contributed by atoms with van der Waals surface area (Å²) in [7, 11) is 0. The first-order chi connectivity index (χ1) is 10.3. The molecule has 0 unspecified atom stereocenters. The van der Waals surface area contributed by atoms with Crippen molar-refractivity contribution >= 4 is 34.8 Å². The van der Waals surface area contributed by atoms with E-state index >= 15 is 0 Å². The van der Waals surface area contributed by atoms with Gasteiger partial charge in [0.25, 0.3) is 5.91 Å². The van der Waals surface area contributed by atoms with E-state index in [0.29, 0.717) is 11.3 Å². The van der Waals surface area contributed by atoms with Crippen LogP contribution in [-0.2, 0) is 11.0 Å². The van der Waals surface area contributed by atoms with E-state index in [1.54, 1.807) is 0 Å². The first-order valence-corrected chi connectivity index (χ1v) is 7.02. The lowest BCUT2D eigenvalue weighted by molar-refractivity contribution is -0.137. The monoisotopic (exact) mass is 347 g/mol. The number of carbonyl (C=O) groups excluding carboxylic acids is 1. The Morgan fingerprint density at radius 3 is 2.36 bits per heavy atom. The average Bonchev–Trinajstić information content (AvgIpc) is 2.46. The molecule has 2 aromatic rings. The molecule has 0 heterocycles. The van der Waals surface area contributed by atoms with Gasteiger partial charge in [-0.3, -0.25) is 4.79 Å². The summed E-state index contributed by atoms with van der Waals surface area (Å²) < 4.78 is 39.1. The van der Waals surface area contributed by atoms with Gasteiger partial charge in [0.2, 0.25) is 0 Å². The zero-order valence-corrected chi connectivity index (χ0v) is 12.5. The second-order valence-corrected chi connectivity index (χ2v) is 5.51. The summed E-state index contributed by atoms with van der Waals surface area (Å²) in [6.45, 7) is 0. The van der Waals surface area contributed by atoms with Crippen LogP contribution in [0.3, 0.4) is 0 Å². The molecule has 2 rings (SSSR count). The van der Waals surface area contributed by atoms with Gasteiger partial charge < -0.3 is 5.32 Å². The lowest BCUT2D eigenvalue weighted by Gasteiger charge is -2.14. The lowest BCUT2D eigenvalue weighted by atomic mass is 9.99. The molecule has 0 saturated heterocycles. The van der Waals surface area contributed by atoms with Crippen LogP contribution in [0.15, 0.2) is 48.5 Å². The minimum atomic E-state index is -4.47. The first-order valence-electron chi connectivity index (χ1n) is 6.14. The number of benzene rings is 2. The second kappa shape index (κ2) is 6.58. The summed E-state index contributed by atoms with van der Waals surface area (Å²) in [5.41, 5.74) is -0.0809. The van der Waals surface area contributed by atoms with Crippen LogP contribution in [0.5, 0.6) is 0 Å². The number of nitrogens with one attached hydrogen (secondary N) is 1. The van der Waals surface area contributed by atoms with E-state index in [2.05, 4.69) is 5.32 Å². The molecule has 0 aliphatic rings. The van der Waals surface area contributed by atoms with Gasteiger partial charge in [0.05, 0.1) is 5.56 Å². The van der Waals surface area contributed by atoms with Crippen molar-refractivity contribution in [2.45, 2.75) is 11.0 Å². The van der Waals surface area contributed by atoms with Gasteiger partial charge >= 0.3 is 6.18 Å². The Kier molecular flexibility index (Phi) is 4.98. The van der Waals surface area contributed by atoms with Crippen LogP contribution in [0.25, 0.3) is 11.1 Å². The van der Waals surface area contributed by atoms with Crippen LogP contribution < -0.4 is 5.32 Å². The maximum Gasteiger partial charge on any atom is 0.417 e. The summed E-state index contributed by atoms with van der Waals surface area (Å²) in [6.07, 6.45) is -4.47. The van der Waals surface area contributed by atoms with Crippen molar-refractivity contribution in [2.24, 2.45) is 0 Å². The normalized spacial score (nSPS) is 11.5. The molecule has 116 valence electrons. The fraction of sp³-hybridized carbons (Fsp3) is 0.133. The highest BCUT2D eigenvalue weighted by Crippen LogP contribution is 2.37. The minimum Gasteiger partial charge on any atom is -0.324 e. The van der Waals surface area contributed by atoms with Gasteiger partial charge in [0.15, 0.2) is 4.84 Å². The van der Waals surface area contributed by atoms with Crippen LogP contribution in [0.2, 0.25) is 0 Å². The highest BCUT2D eigenvalue weighted by atomic mass is 35.5. The van der Waals surface area contributed by atoms with Crippen molar-refractivity contribution in [2.75, 3.05) is 5.32 Å². The van der Waals surface area contributed by atoms with E-state index in [-0.39, 0.29) is 5.56 Å². The van der Waals surface area contributed by atoms with Crippen molar-refractivity contribution < 1.29 is 18.0 Å². The highest BCUT2D eigenvalue weighted by Gasteiger charge is 2.33. The SMILES string of the molecule is O=C(Nc1cccc(-c2ccccc2C(F)(F)F)c1)C(Cl)Cl. The summed E-state index contributed by atoms with van der Waals surface area (Å²) in [5.74, 6) is -0.649.